The molecule has 14 heteroatoms. The molecule has 1 atom stereocenters. The highest BCUT2D eigenvalue weighted by Crippen LogP contribution is 2.32. The number of fused-ring (bicyclic) bond motifs is 1. The molecule has 0 aliphatic heterocycles. The zero-order chi connectivity index (χ0) is 26.3. The van der Waals surface area contributed by atoms with E-state index in [0.29, 0.717) is 39.9 Å². The van der Waals surface area contributed by atoms with Gasteiger partial charge in [-0.25, -0.2) is 13.3 Å². The Labute approximate surface area is 206 Å². The van der Waals surface area contributed by atoms with Gasteiger partial charge in [-0.15, -0.1) is 5.10 Å². The van der Waals surface area contributed by atoms with Gasteiger partial charge in [0, 0.05) is 47.0 Å². The predicted molar refractivity (Wildman–Crippen MR) is 124 cm³/mol. The van der Waals surface area contributed by atoms with Crippen molar-refractivity contribution in [3.8, 4) is 22.3 Å². The van der Waals surface area contributed by atoms with Crippen LogP contribution in [0.3, 0.4) is 0 Å². The predicted octanol–water partition coefficient (Wildman–Crippen LogP) is 4.72. The second kappa shape index (κ2) is 9.26. The highest BCUT2D eigenvalue weighted by molar-refractivity contribution is 5.81. The molecule has 0 amide bonds. The van der Waals surface area contributed by atoms with Crippen LogP contribution in [0, 0.1) is 0 Å². The van der Waals surface area contributed by atoms with Gasteiger partial charge in [-0.3, -0.25) is 14.3 Å². The van der Waals surface area contributed by atoms with Crippen molar-refractivity contribution in [3.63, 3.8) is 0 Å². The van der Waals surface area contributed by atoms with Crippen molar-refractivity contribution in [2.45, 2.75) is 38.5 Å². The fraction of sp³-hybridized carbons (Fsp3) is 0.261. The molecule has 1 unspecified atom stereocenters. The van der Waals surface area contributed by atoms with Gasteiger partial charge in [-0.2, -0.15) is 28.4 Å². The standard InChI is InChI=1S/C23H20F5N9/c1-2-18(13-3-4-19(30-6-13)23(26,27)28)36-11-15(7-32-36)14-5-17(21-33-22(29)34-37(21)10-14)16-8-31-35(9-16)12-20(24)25/h3-11,18,20H,2,12H2,1H3,(H2,29,34). The Morgan fingerprint density at radius 2 is 1.76 bits per heavy atom. The van der Waals surface area contributed by atoms with Crippen LogP contribution in [0.5, 0.6) is 0 Å². The number of nitrogen functional groups attached to an aromatic ring is 1. The molecule has 0 spiro atoms. The third-order valence-electron chi connectivity index (χ3n) is 5.82. The molecule has 0 aromatic carbocycles. The van der Waals surface area contributed by atoms with E-state index in [1.807, 2.05) is 6.92 Å². The van der Waals surface area contributed by atoms with Crippen molar-refractivity contribution in [2.24, 2.45) is 0 Å². The largest absolute Gasteiger partial charge is 0.433 e. The number of aromatic nitrogens is 8. The van der Waals surface area contributed by atoms with Gasteiger partial charge in [0.25, 0.3) is 6.43 Å². The van der Waals surface area contributed by atoms with Gasteiger partial charge in [0.15, 0.2) is 5.65 Å². The van der Waals surface area contributed by atoms with Gasteiger partial charge >= 0.3 is 6.18 Å². The van der Waals surface area contributed by atoms with Crippen LogP contribution in [0.1, 0.15) is 30.6 Å². The molecule has 0 saturated carbocycles. The van der Waals surface area contributed by atoms with Crippen LogP contribution in [0.15, 0.2) is 55.4 Å². The molecule has 9 nitrogen and oxygen atoms in total. The minimum Gasteiger partial charge on any atom is -0.366 e. The summed E-state index contributed by atoms with van der Waals surface area (Å²) in [4.78, 5) is 7.80. The Morgan fingerprint density at radius 1 is 0.973 bits per heavy atom. The van der Waals surface area contributed by atoms with Crippen LogP contribution in [0.25, 0.3) is 27.9 Å². The first-order valence-corrected chi connectivity index (χ1v) is 11.2. The highest BCUT2D eigenvalue weighted by atomic mass is 19.4. The number of rotatable bonds is 7. The van der Waals surface area contributed by atoms with E-state index >= 15 is 0 Å². The van der Waals surface area contributed by atoms with Crippen molar-refractivity contribution in [1.82, 2.24) is 39.1 Å². The molecular formula is C23H20F5N9. The Hall–Kier alpha value is -4.36. The van der Waals surface area contributed by atoms with E-state index < -0.39 is 24.8 Å². The molecule has 0 fully saturated rings. The molecule has 0 radical (unpaired) electrons. The smallest absolute Gasteiger partial charge is 0.366 e. The first kappa shape index (κ1) is 24.3. The second-order valence-electron chi connectivity index (χ2n) is 8.33. The molecular weight excluding hydrogens is 497 g/mol. The summed E-state index contributed by atoms with van der Waals surface area (Å²) < 4.78 is 68.6. The molecule has 5 rings (SSSR count). The number of pyridine rings is 2. The minimum absolute atomic E-state index is 0.0370. The molecule has 5 aromatic rings. The molecule has 2 N–H and O–H groups in total. The maximum Gasteiger partial charge on any atom is 0.433 e. The van der Waals surface area contributed by atoms with Crippen LogP contribution >= 0.6 is 0 Å². The Bertz CT molecular complexity index is 1530. The van der Waals surface area contributed by atoms with E-state index in [0.717, 1.165) is 10.7 Å². The van der Waals surface area contributed by atoms with Crippen molar-refractivity contribution >= 4 is 11.6 Å². The summed E-state index contributed by atoms with van der Waals surface area (Å²) in [5.74, 6) is 0.0370. The fourth-order valence-corrected chi connectivity index (χ4v) is 4.12. The second-order valence-corrected chi connectivity index (χ2v) is 8.33. The van der Waals surface area contributed by atoms with Gasteiger partial charge in [-0.1, -0.05) is 13.0 Å². The summed E-state index contributed by atoms with van der Waals surface area (Å²) >= 11 is 0. The number of hydrogen-bond acceptors (Lipinski definition) is 6. The fourth-order valence-electron chi connectivity index (χ4n) is 4.12. The summed E-state index contributed by atoms with van der Waals surface area (Å²) in [6, 6.07) is 3.80. The molecule has 0 aliphatic carbocycles. The summed E-state index contributed by atoms with van der Waals surface area (Å²) in [5, 5.41) is 12.6. The number of halogens is 5. The Balaban J connectivity index is 1.51. The first-order chi connectivity index (χ1) is 17.6. The molecule has 192 valence electrons. The van der Waals surface area contributed by atoms with Crippen LogP contribution in [-0.2, 0) is 12.7 Å². The zero-order valence-electron chi connectivity index (χ0n) is 19.3. The summed E-state index contributed by atoms with van der Waals surface area (Å²) in [5.41, 5.74) is 8.35. The third kappa shape index (κ3) is 4.86. The Morgan fingerprint density at radius 3 is 2.43 bits per heavy atom. The minimum atomic E-state index is -4.52. The maximum absolute atomic E-state index is 12.9. The highest BCUT2D eigenvalue weighted by Gasteiger charge is 2.32. The van der Waals surface area contributed by atoms with E-state index in [1.54, 1.807) is 29.3 Å². The first-order valence-electron chi connectivity index (χ1n) is 11.2. The molecule has 0 bridgehead atoms. The van der Waals surface area contributed by atoms with Gasteiger partial charge in [0.2, 0.25) is 5.95 Å². The molecule has 0 aliphatic rings. The summed E-state index contributed by atoms with van der Waals surface area (Å²) in [6.07, 6.45) is 2.72. The lowest BCUT2D eigenvalue weighted by Crippen LogP contribution is -2.13. The van der Waals surface area contributed by atoms with Crippen LogP contribution in [-0.4, -0.2) is 45.6 Å². The quantitative estimate of drug-likeness (QED) is 0.314. The van der Waals surface area contributed by atoms with Gasteiger partial charge in [-0.05, 0) is 24.1 Å². The number of anilines is 1. The SMILES string of the molecule is CCC(c1ccc(C(F)(F)F)nc1)n1cc(-c2cc(-c3cnn(CC(F)F)c3)c3nc(N)nn3c2)cn1. The van der Waals surface area contributed by atoms with Gasteiger partial charge in [0.1, 0.15) is 12.2 Å². The van der Waals surface area contributed by atoms with Crippen LogP contribution < -0.4 is 5.73 Å². The third-order valence-corrected chi connectivity index (χ3v) is 5.82. The van der Waals surface area contributed by atoms with E-state index in [4.69, 9.17) is 5.73 Å². The number of nitrogens with zero attached hydrogens (tertiary/aromatic N) is 8. The van der Waals surface area contributed by atoms with E-state index in [-0.39, 0.29) is 12.0 Å². The van der Waals surface area contributed by atoms with Gasteiger partial charge in [0.05, 0.1) is 18.4 Å². The maximum atomic E-state index is 12.9. The van der Waals surface area contributed by atoms with E-state index in [1.165, 1.54) is 29.2 Å². The molecule has 37 heavy (non-hydrogen) atoms. The van der Waals surface area contributed by atoms with Crippen molar-refractivity contribution in [2.75, 3.05) is 5.73 Å². The van der Waals surface area contributed by atoms with Crippen LogP contribution in [0.4, 0.5) is 27.9 Å². The number of alkyl halides is 5. The average Bonchev–Trinajstić information content (AvgIpc) is 3.58. The average molecular weight is 517 g/mol. The number of nitrogens with two attached hydrogens (primary N) is 1. The normalized spacial score (nSPS) is 13.1. The van der Waals surface area contributed by atoms with E-state index in [2.05, 4.69) is 25.3 Å². The summed E-state index contributed by atoms with van der Waals surface area (Å²) in [7, 11) is 0. The van der Waals surface area contributed by atoms with Crippen molar-refractivity contribution in [3.05, 3.63) is 66.6 Å². The topological polar surface area (TPSA) is 105 Å². The lowest BCUT2D eigenvalue weighted by atomic mass is 10.1. The molecule has 5 heterocycles. The lowest BCUT2D eigenvalue weighted by molar-refractivity contribution is -0.141. The monoisotopic (exact) mass is 517 g/mol. The van der Waals surface area contributed by atoms with Crippen LogP contribution in [0.2, 0.25) is 0 Å². The van der Waals surface area contributed by atoms with Crippen molar-refractivity contribution in [1.29, 1.82) is 0 Å². The molecule has 0 saturated heterocycles. The Kier molecular flexibility index (Phi) is 6.09. The van der Waals surface area contributed by atoms with E-state index in [9.17, 15) is 22.0 Å². The zero-order valence-corrected chi connectivity index (χ0v) is 19.3. The molecule has 5 aromatic heterocycles. The van der Waals surface area contributed by atoms with Crippen molar-refractivity contribution < 1.29 is 22.0 Å². The van der Waals surface area contributed by atoms with Gasteiger partial charge < -0.3 is 5.73 Å². The summed E-state index contributed by atoms with van der Waals surface area (Å²) in [6.45, 7) is 1.35. The lowest BCUT2D eigenvalue weighted by Gasteiger charge is -2.16. The number of hydrogen-bond donors (Lipinski definition) is 1.